The van der Waals surface area contributed by atoms with Gasteiger partial charge in [0.1, 0.15) is 0 Å². The molecule has 0 saturated heterocycles. The molecule has 1 rings (SSSR count). The van der Waals surface area contributed by atoms with Crippen LogP contribution in [0.1, 0.15) is 27.8 Å². The molecule has 1 aromatic heterocycles. The van der Waals surface area contributed by atoms with Crippen LogP contribution in [0.25, 0.3) is 5.57 Å². The van der Waals surface area contributed by atoms with Gasteiger partial charge in [0.25, 0.3) is 0 Å². The van der Waals surface area contributed by atoms with Crippen molar-refractivity contribution in [1.82, 2.24) is 0 Å². The maximum atomic E-state index is 12.6. The first kappa shape index (κ1) is 11.3. The number of hydrogen-bond donors (Lipinski definition) is 0. The molecule has 0 unspecified atom stereocenters. The molecule has 0 radical (unpaired) electrons. The SMILES string of the molecule is C=C(C)c1c(C)sc(C)c1C(F)(F)F. The first-order chi connectivity index (χ1) is 6.25. The van der Waals surface area contributed by atoms with E-state index in [2.05, 4.69) is 6.58 Å². The predicted octanol–water partition coefficient (Wildman–Crippen LogP) is 4.42. The van der Waals surface area contributed by atoms with Gasteiger partial charge in [-0.3, -0.25) is 0 Å². The summed E-state index contributed by atoms with van der Waals surface area (Å²) in [7, 11) is 0. The molecule has 4 heteroatoms. The molecule has 0 amide bonds. The number of thiophene rings is 1. The van der Waals surface area contributed by atoms with E-state index in [4.69, 9.17) is 0 Å². The van der Waals surface area contributed by atoms with Crippen molar-refractivity contribution in [3.63, 3.8) is 0 Å². The Morgan fingerprint density at radius 3 is 2.00 bits per heavy atom. The third-order valence-corrected chi connectivity index (χ3v) is 2.99. The molecule has 1 aromatic rings. The summed E-state index contributed by atoms with van der Waals surface area (Å²) in [5, 5.41) is 0. The van der Waals surface area contributed by atoms with E-state index in [1.165, 1.54) is 18.3 Å². The lowest BCUT2D eigenvalue weighted by Gasteiger charge is -2.10. The number of aryl methyl sites for hydroxylation is 2. The molecular formula is C10H11F3S. The monoisotopic (exact) mass is 220 g/mol. The first-order valence-corrected chi connectivity index (χ1v) is 4.90. The Morgan fingerprint density at radius 1 is 1.21 bits per heavy atom. The average molecular weight is 220 g/mol. The second-order valence-electron chi connectivity index (χ2n) is 3.24. The number of allylic oxidation sites excluding steroid dienone is 1. The van der Waals surface area contributed by atoms with Gasteiger partial charge in [-0.05, 0) is 26.3 Å². The summed E-state index contributed by atoms with van der Waals surface area (Å²) in [6.07, 6.45) is -4.27. The van der Waals surface area contributed by atoms with Crippen LogP contribution in [0.5, 0.6) is 0 Å². The van der Waals surface area contributed by atoms with E-state index >= 15 is 0 Å². The first-order valence-electron chi connectivity index (χ1n) is 4.08. The number of hydrogen-bond acceptors (Lipinski definition) is 1. The van der Waals surface area contributed by atoms with Crippen molar-refractivity contribution in [2.75, 3.05) is 0 Å². The largest absolute Gasteiger partial charge is 0.418 e. The van der Waals surface area contributed by atoms with Gasteiger partial charge >= 0.3 is 6.18 Å². The minimum absolute atomic E-state index is 0.264. The number of halogens is 3. The fourth-order valence-electron chi connectivity index (χ4n) is 1.54. The second-order valence-corrected chi connectivity index (χ2v) is 4.67. The van der Waals surface area contributed by atoms with Gasteiger partial charge in [-0.15, -0.1) is 11.3 Å². The Hall–Kier alpha value is -0.770. The molecule has 0 N–H and O–H groups in total. The van der Waals surface area contributed by atoms with Crippen LogP contribution >= 0.6 is 11.3 Å². The fourth-order valence-corrected chi connectivity index (χ4v) is 2.70. The molecule has 0 saturated carbocycles. The van der Waals surface area contributed by atoms with Gasteiger partial charge in [-0.2, -0.15) is 13.2 Å². The van der Waals surface area contributed by atoms with Crippen LogP contribution in [0.2, 0.25) is 0 Å². The summed E-state index contributed by atoms with van der Waals surface area (Å²) in [5.74, 6) is 0. The molecule has 0 aliphatic carbocycles. The lowest BCUT2D eigenvalue weighted by Crippen LogP contribution is -2.08. The highest BCUT2D eigenvalue weighted by atomic mass is 32.1. The van der Waals surface area contributed by atoms with Crippen LogP contribution in [0.3, 0.4) is 0 Å². The third-order valence-electron chi connectivity index (χ3n) is 1.97. The molecule has 0 bridgehead atoms. The van der Waals surface area contributed by atoms with E-state index in [9.17, 15) is 13.2 Å². The van der Waals surface area contributed by atoms with Crippen molar-refractivity contribution in [1.29, 1.82) is 0 Å². The molecule has 0 fully saturated rings. The quantitative estimate of drug-likeness (QED) is 0.657. The van der Waals surface area contributed by atoms with Gasteiger partial charge in [0, 0.05) is 15.3 Å². The highest BCUT2D eigenvalue weighted by Gasteiger charge is 2.37. The molecule has 78 valence electrons. The summed E-state index contributed by atoms with van der Waals surface area (Å²) >= 11 is 1.17. The summed E-state index contributed by atoms with van der Waals surface area (Å²) in [6.45, 7) is 8.37. The highest BCUT2D eigenvalue weighted by molar-refractivity contribution is 7.12. The zero-order valence-electron chi connectivity index (χ0n) is 8.25. The van der Waals surface area contributed by atoms with E-state index in [0.29, 0.717) is 15.3 Å². The van der Waals surface area contributed by atoms with E-state index in [1.807, 2.05) is 0 Å². The topological polar surface area (TPSA) is 0 Å². The molecule has 0 aliphatic rings. The lowest BCUT2D eigenvalue weighted by molar-refractivity contribution is -0.137. The van der Waals surface area contributed by atoms with Gasteiger partial charge in [0.15, 0.2) is 0 Å². The van der Waals surface area contributed by atoms with Crippen molar-refractivity contribution in [2.45, 2.75) is 26.9 Å². The third kappa shape index (κ3) is 1.85. The molecule has 0 atom stereocenters. The molecule has 0 nitrogen and oxygen atoms in total. The van der Waals surface area contributed by atoms with Crippen molar-refractivity contribution in [3.05, 3.63) is 27.5 Å². The van der Waals surface area contributed by atoms with Gasteiger partial charge in [0.2, 0.25) is 0 Å². The molecule has 0 aromatic carbocycles. The Kier molecular flexibility index (Phi) is 2.76. The zero-order chi connectivity index (χ0) is 11.1. The number of alkyl halides is 3. The number of rotatable bonds is 1. The van der Waals surface area contributed by atoms with Crippen LogP contribution < -0.4 is 0 Å². The Balaban J connectivity index is 3.48. The van der Waals surface area contributed by atoms with E-state index in [0.717, 1.165) is 0 Å². The van der Waals surface area contributed by atoms with Crippen LogP contribution in [-0.4, -0.2) is 0 Å². The van der Waals surface area contributed by atoms with E-state index < -0.39 is 11.7 Å². The average Bonchev–Trinajstić information content (AvgIpc) is 2.23. The molecule has 14 heavy (non-hydrogen) atoms. The maximum absolute atomic E-state index is 12.6. The van der Waals surface area contributed by atoms with Crippen LogP contribution in [-0.2, 0) is 6.18 Å². The predicted molar refractivity (Wildman–Crippen MR) is 53.5 cm³/mol. The van der Waals surface area contributed by atoms with Crippen LogP contribution in [0.15, 0.2) is 6.58 Å². The van der Waals surface area contributed by atoms with Crippen molar-refractivity contribution >= 4 is 16.9 Å². The minimum atomic E-state index is -4.27. The zero-order valence-corrected chi connectivity index (χ0v) is 9.07. The van der Waals surface area contributed by atoms with Crippen LogP contribution in [0, 0.1) is 13.8 Å². The van der Waals surface area contributed by atoms with E-state index in [-0.39, 0.29) is 5.56 Å². The Bertz CT molecular complexity index is 371. The molecule has 0 aliphatic heterocycles. The van der Waals surface area contributed by atoms with Crippen molar-refractivity contribution in [2.24, 2.45) is 0 Å². The second kappa shape index (κ2) is 3.42. The Morgan fingerprint density at radius 2 is 1.71 bits per heavy atom. The smallest absolute Gasteiger partial charge is 0.166 e. The minimum Gasteiger partial charge on any atom is -0.166 e. The standard InChI is InChI=1S/C10H11F3S/c1-5(2)8-6(3)14-7(4)9(8)10(11,12)13/h1H2,2-4H3. The fraction of sp³-hybridized carbons (Fsp3) is 0.400. The highest BCUT2D eigenvalue weighted by Crippen LogP contribution is 2.42. The van der Waals surface area contributed by atoms with Gasteiger partial charge in [-0.1, -0.05) is 6.58 Å². The normalized spacial score (nSPS) is 11.9. The summed E-state index contributed by atoms with van der Waals surface area (Å²) in [4.78, 5) is 0.996. The van der Waals surface area contributed by atoms with Gasteiger partial charge in [-0.25, -0.2) is 0 Å². The summed E-state index contributed by atoms with van der Waals surface area (Å²) < 4.78 is 37.9. The lowest BCUT2D eigenvalue weighted by atomic mass is 10.0. The van der Waals surface area contributed by atoms with E-state index in [1.54, 1.807) is 13.8 Å². The maximum Gasteiger partial charge on any atom is 0.418 e. The summed E-state index contributed by atoms with van der Waals surface area (Å²) in [5.41, 5.74) is 0.215. The van der Waals surface area contributed by atoms with Crippen molar-refractivity contribution < 1.29 is 13.2 Å². The van der Waals surface area contributed by atoms with Crippen molar-refractivity contribution in [3.8, 4) is 0 Å². The molecule has 1 heterocycles. The Labute approximate surface area is 85.1 Å². The molecular weight excluding hydrogens is 209 g/mol. The molecule has 0 spiro atoms. The van der Waals surface area contributed by atoms with Gasteiger partial charge in [0.05, 0.1) is 5.56 Å². The van der Waals surface area contributed by atoms with Gasteiger partial charge < -0.3 is 0 Å². The van der Waals surface area contributed by atoms with Crippen LogP contribution in [0.4, 0.5) is 13.2 Å². The summed E-state index contributed by atoms with van der Waals surface area (Å²) in [6, 6.07) is 0.